The number of amides is 1. The SMILES string of the molecule is Cc1ccc(S(=O)(=O)N=C2SCC(=O)N2C(c2ccccc2)C(F)(F)F)cc1. The molecule has 0 radical (unpaired) electrons. The lowest BCUT2D eigenvalue weighted by atomic mass is 10.1. The maximum Gasteiger partial charge on any atom is 0.413 e. The number of nitrogens with zero attached hydrogens (tertiary/aromatic N) is 2. The standard InChI is InChI=1S/C18H15F3N2O3S2/c1-12-7-9-14(10-8-12)28(25,26)22-17-23(15(24)11-27-17)16(18(19,20)21)13-5-3-2-4-6-13/h2-10,16H,11H2,1H3. The summed E-state index contributed by atoms with van der Waals surface area (Å²) in [7, 11) is -4.27. The van der Waals surface area contributed by atoms with E-state index in [4.69, 9.17) is 0 Å². The highest BCUT2D eigenvalue weighted by Crippen LogP contribution is 2.41. The van der Waals surface area contributed by atoms with Gasteiger partial charge in [0.15, 0.2) is 11.2 Å². The van der Waals surface area contributed by atoms with Crippen LogP contribution in [0, 0.1) is 6.92 Å². The Labute approximate surface area is 164 Å². The van der Waals surface area contributed by atoms with Gasteiger partial charge in [0.2, 0.25) is 5.91 Å². The van der Waals surface area contributed by atoms with Gasteiger partial charge < -0.3 is 0 Å². The van der Waals surface area contributed by atoms with Gasteiger partial charge in [-0.3, -0.25) is 9.69 Å². The zero-order valence-electron chi connectivity index (χ0n) is 14.6. The molecule has 0 N–H and O–H groups in total. The molecular formula is C18H15F3N2O3S2. The van der Waals surface area contributed by atoms with Gasteiger partial charge in [-0.1, -0.05) is 59.8 Å². The van der Waals surface area contributed by atoms with E-state index >= 15 is 0 Å². The lowest BCUT2D eigenvalue weighted by Crippen LogP contribution is -2.42. The smallest absolute Gasteiger partial charge is 0.273 e. The number of alkyl halides is 3. The summed E-state index contributed by atoms with van der Waals surface area (Å²) in [5.74, 6) is -1.17. The van der Waals surface area contributed by atoms with Gasteiger partial charge in [0.1, 0.15) is 0 Å². The van der Waals surface area contributed by atoms with E-state index < -0.39 is 33.3 Å². The predicted octanol–water partition coefficient (Wildman–Crippen LogP) is 3.92. The van der Waals surface area contributed by atoms with Gasteiger partial charge in [-0.15, -0.1) is 4.40 Å². The maximum atomic E-state index is 13.8. The molecule has 2 aromatic rings. The number of hydrogen-bond donors (Lipinski definition) is 0. The molecule has 0 aliphatic carbocycles. The molecule has 0 aromatic heterocycles. The van der Waals surface area contributed by atoms with Gasteiger partial charge in [-0.05, 0) is 24.6 Å². The molecule has 10 heteroatoms. The molecule has 28 heavy (non-hydrogen) atoms. The van der Waals surface area contributed by atoms with Crippen LogP contribution in [0.25, 0.3) is 0 Å². The zero-order valence-corrected chi connectivity index (χ0v) is 16.2. The van der Waals surface area contributed by atoms with Crippen molar-refractivity contribution < 1.29 is 26.4 Å². The number of halogens is 3. The average molecular weight is 428 g/mol. The lowest BCUT2D eigenvalue weighted by molar-refractivity contribution is -0.180. The van der Waals surface area contributed by atoms with Gasteiger partial charge in [0, 0.05) is 0 Å². The number of rotatable bonds is 4. The molecule has 1 heterocycles. The molecule has 1 saturated heterocycles. The summed E-state index contributed by atoms with van der Waals surface area (Å²) in [6.45, 7) is 1.77. The van der Waals surface area contributed by atoms with Crippen LogP contribution in [-0.2, 0) is 14.8 Å². The van der Waals surface area contributed by atoms with Crippen molar-refractivity contribution in [3.05, 3.63) is 65.7 Å². The molecule has 0 spiro atoms. The number of aryl methyl sites for hydroxylation is 1. The van der Waals surface area contributed by atoms with Crippen molar-refractivity contribution in [3.63, 3.8) is 0 Å². The Hall–Kier alpha value is -2.33. The first-order chi connectivity index (χ1) is 13.1. The Morgan fingerprint density at radius 2 is 1.68 bits per heavy atom. The minimum atomic E-state index is -4.81. The Bertz CT molecular complexity index is 1000. The predicted molar refractivity (Wildman–Crippen MR) is 100 cm³/mol. The Morgan fingerprint density at radius 3 is 2.25 bits per heavy atom. The summed E-state index contributed by atoms with van der Waals surface area (Å²) in [5, 5.41) is -0.489. The highest BCUT2D eigenvalue weighted by Gasteiger charge is 2.50. The van der Waals surface area contributed by atoms with Gasteiger partial charge in [0.05, 0.1) is 10.6 Å². The second-order valence-electron chi connectivity index (χ2n) is 6.07. The van der Waals surface area contributed by atoms with Crippen molar-refractivity contribution in [3.8, 4) is 0 Å². The number of carbonyl (C=O) groups excluding carboxylic acids is 1. The summed E-state index contributed by atoms with van der Waals surface area (Å²) in [5.41, 5.74) is 0.645. The molecule has 148 valence electrons. The molecule has 0 saturated carbocycles. The minimum Gasteiger partial charge on any atom is -0.273 e. The molecule has 1 fully saturated rings. The first-order valence-corrected chi connectivity index (χ1v) is 10.5. The normalized spacial score (nSPS) is 17.9. The third-order valence-corrected chi connectivity index (χ3v) is 6.33. The Kier molecular flexibility index (Phi) is 5.53. The van der Waals surface area contributed by atoms with Crippen LogP contribution in [0.1, 0.15) is 17.2 Å². The number of thioether (sulfide) groups is 1. The van der Waals surface area contributed by atoms with Crippen molar-refractivity contribution >= 4 is 32.9 Å². The van der Waals surface area contributed by atoms with E-state index in [1.54, 1.807) is 25.1 Å². The van der Waals surface area contributed by atoms with E-state index in [1.807, 2.05) is 0 Å². The fourth-order valence-corrected chi connectivity index (χ4v) is 4.80. The van der Waals surface area contributed by atoms with Crippen LogP contribution in [-0.4, -0.2) is 36.3 Å². The first-order valence-electron chi connectivity index (χ1n) is 8.08. The van der Waals surface area contributed by atoms with Crippen molar-refractivity contribution in [2.45, 2.75) is 24.0 Å². The van der Waals surface area contributed by atoms with Crippen LogP contribution < -0.4 is 0 Å². The number of amidine groups is 1. The molecule has 5 nitrogen and oxygen atoms in total. The van der Waals surface area contributed by atoms with Crippen LogP contribution in [0.15, 0.2) is 63.9 Å². The third kappa shape index (κ3) is 4.22. The summed E-state index contributed by atoms with van der Waals surface area (Å²) in [6.07, 6.45) is -4.81. The molecule has 3 rings (SSSR count). The van der Waals surface area contributed by atoms with Gasteiger partial charge in [0.25, 0.3) is 10.0 Å². The first kappa shape index (κ1) is 20.4. The van der Waals surface area contributed by atoms with E-state index in [9.17, 15) is 26.4 Å². The third-order valence-electron chi connectivity index (χ3n) is 4.00. The number of hydrogen-bond acceptors (Lipinski definition) is 4. The quantitative estimate of drug-likeness (QED) is 0.740. The van der Waals surface area contributed by atoms with Crippen LogP contribution >= 0.6 is 11.8 Å². The highest BCUT2D eigenvalue weighted by atomic mass is 32.2. The van der Waals surface area contributed by atoms with Crippen molar-refractivity contribution in [1.29, 1.82) is 0 Å². The maximum absolute atomic E-state index is 13.8. The summed E-state index contributed by atoms with van der Waals surface area (Å²) >= 11 is 0.670. The summed E-state index contributed by atoms with van der Waals surface area (Å²) < 4.78 is 70.0. The van der Waals surface area contributed by atoms with Crippen molar-refractivity contribution in [1.82, 2.24) is 4.90 Å². The van der Waals surface area contributed by atoms with E-state index in [2.05, 4.69) is 4.40 Å². The summed E-state index contributed by atoms with van der Waals surface area (Å²) in [4.78, 5) is 12.5. The Morgan fingerprint density at radius 1 is 1.07 bits per heavy atom. The topological polar surface area (TPSA) is 66.8 Å². The van der Waals surface area contributed by atoms with E-state index in [1.165, 1.54) is 36.4 Å². The molecular weight excluding hydrogens is 413 g/mol. The van der Waals surface area contributed by atoms with Crippen LogP contribution in [0.3, 0.4) is 0 Å². The molecule has 1 aliphatic heterocycles. The van der Waals surface area contributed by atoms with E-state index in [0.717, 1.165) is 5.56 Å². The largest absolute Gasteiger partial charge is 0.413 e. The van der Waals surface area contributed by atoms with Gasteiger partial charge in [-0.25, -0.2) is 0 Å². The number of carbonyl (C=O) groups is 1. The van der Waals surface area contributed by atoms with E-state index in [0.29, 0.717) is 16.7 Å². The fraction of sp³-hybridized carbons (Fsp3) is 0.222. The fourth-order valence-electron chi connectivity index (χ4n) is 2.68. The number of benzene rings is 2. The van der Waals surface area contributed by atoms with Crippen molar-refractivity contribution in [2.24, 2.45) is 4.40 Å². The highest BCUT2D eigenvalue weighted by molar-refractivity contribution is 8.15. The minimum absolute atomic E-state index is 0.159. The molecule has 2 aromatic carbocycles. The van der Waals surface area contributed by atoms with Gasteiger partial charge >= 0.3 is 6.18 Å². The summed E-state index contributed by atoms with van der Waals surface area (Å²) in [6, 6.07) is 10.3. The molecule has 1 amide bonds. The molecule has 1 aliphatic rings. The second kappa shape index (κ2) is 7.59. The molecule has 1 unspecified atom stereocenters. The average Bonchev–Trinajstić information content (AvgIpc) is 2.95. The second-order valence-corrected chi connectivity index (χ2v) is 8.62. The van der Waals surface area contributed by atoms with Crippen LogP contribution in [0.4, 0.5) is 13.2 Å². The van der Waals surface area contributed by atoms with Gasteiger partial charge in [-0.2, -0.15) is 21.6 Å². The Balaban J connectivity index is 2.07. The van der Waals surface area contributed by atoms with Crippen LogP contribution in [0.2, 0.25) is 0 Å². The number of sulfonamides is 1. The lowest BCUT2D eigenvalue weighted by Gasteiger charge is -2.29. The van der Waals surface area contributed by atoms with E-state index in [-0.39, 0.29) is 16.2 Å². The van der Waals surface area contributed by atoms with Crippen LogP contribution in [0.5, 0.6) is 0 Å². The zero-order chi connectivity index (χ0) is 20.5. The molecule has 0 bridgehead atoms. The monoisotopic (exact) mass is 428 g/mol. The molecule has 1 atom stereocenters. The van der Waals surface area contributed by atoms with Crippen molar-refractivity contribution in [2.75, 3.05) is 5.75 Å².